The summed E-state index contributed by atoms with van der Waals surface area (Å²) >= 11 is 1.74. The highest BCUT2D eigenvalue weighted by Crippen LogP contribution is 2.54. The normalized spacial score (nSPS) is 17.9. The molecular formula is C32H33N2O4S+. The molecule has 0 saturated carbocycles. The molecule has 200 valence electrons. The molecule has 0 atom stereocenters. The van der Waals surface area contributed by atoms with Gasteiger partial charge in [-0.2, -0.15) is 0 Å². The van der Waals surface area contributed by atoms with Crippen LogP contribution in [0.5, 0.6) is 0 Å². The average molecular weight is 542 g/mol. The second-order valence-electron chi connectivity index (χ2n) is 10.3. The molecular weight excluding hydrogens is 508 g/mol. The van der Waals surface area contributed by atoms with Crippen LogP contribution in [0.2, 0.25) is 0 Å². The number of rotatable bonds is 9. The predicted molar refractivity (Wildman–Crippen MR) is 160 cm³/mol. The molecule has 39 heavy (non-hydrogen) atoms. The van der Waals surface area contributed by atoms with Crippen LogP contribution in [0.15, 0.2) is 84.6 Å². The zero-order valence-corrected chi connectivity index (χ0v) is 23.1. The smallest absolute Gasteiger partial charge is 0.309 e. The van der Waals surface area contributed by atoms with Crippen LogP contribution in [-0.4, -0.2) is 57.2 Å². The minimum absolute atomic E-state index is 0.0410. The molecule has 2 aliphatic heterocycles. The number of fused-ring (bicyclic) bond motifs is 6. The molecule has 3 aromatic rings. The number of carbonyl (C=O) groups is 2. The Bertz CT molecular complexity index is 1580. The number of carboxylic acids is 2. The van der Waals surface area contributed by atoms with Gasteiger partial charge in [-0.3, -0.25) is 9.59 Å². The summed E-state index contributed by atoms with van der Waals surface area (Å²) in [7, 11) is 0. The van der Waals surface area contributed by atoms with Crippen LogP contribution < -0.4 is 4.90 Å². The Morgan fingerprint density at radius 3 is 2.26 bits per heavy atom. The van der Waals surface area contributed by atoms with E-state index in [1.54, 1.807) is 11.8 Å². The van der Waals surface area contributed by atoms with Gasteiger partial charge >= 0.3 is 11.9 Å². The van der Waals surface area contributed by atoms with Gasteiger partial charge < -0.3 is 15.1 Å². The van der Waals surface area contributed by atoms with Gasteiger partial charge in [-0.25, -0.2) is 4.58 Å². The molecule has 6 nitrogen and oxygen atoms in total. The Labute approximate surface area is 232 Å². The molecule has 0 fully saturated rings. The van der Waals surface area contributed by atoms with E-state index in [4.69, 9.17) is 5.11 Å². The maximum atomic E-state index is 11.6. The van der Waals surface area contributed by atoms with Gasteiger partial charge in [0.05, 0.1) is 17.9 Å². The third-order valence-corrected chi connectivity index (χ3v) is 8.59. The summed E-state index contributed by atoms with van der Waals surface area (Å²) in [5.74, 6) is -0.641. The highest BCUT2D eigenvalue weighted by molar-refractivity contribution is 8.14. The summed E-state index contributed by atoms with van der Waals surface area (Å²) < 4.78 is 2.11. The van der Waals surface area contributed by atoms with Crippen molar-refractivity contribution in [2.75, 3.05) is 30.3 Å². The lowest BCUT2D eigenvalue weighted by Crippen LogP contribution is -2.28. The number of allylic oxidation sites excluding steroid dienone is 5. The fourth-order valence-electron chi connectivity index (χ4n) is 5.78. The van der Waals surface area contributed by atoms with Crippen molar-refractivity contribution < 1.29 is 24.4 Å². The largest absolute Gasteiger partial charge is 0.481 e. The molecule has 3 aromatic carbocycles. The molecule has 0 unspecified atom stereocenters. The van der Waals surface area contributed by atoms with Crippen molar-refractivity contribution >= 4 is 56.0 Å². The van der Waals surface area contributed by atoms with Gasteiger partial charge in [0, 0.05) is 29.1 Å². The molecule has 0 aromatic heterocycles. The first kappa shape index (κ1) is 26.8. The Hall–Kier alpha value is -3.84. The maximum absolute atomic E-state index is 11.6. The van der Waals surface area contributed by atoms with Crippen molar-refractivity contribution in [2.24, 2.45) is 0 Å². The van der Waals surface area contributed by atoms with E-state index in [9.17, 15) is 14.7 Å². The third-order valence-electron chi connectivity index (χ3n) is 7.51. The Morgan fingerprint density at radius 1 is 0.923 bits per heavy atom. The summed E-state index contributed by atoms with van der Waals surface area (Å²) in [5.41, 5.74) is 3.05. The lowest BCUT2D eigenvalue weighted by molar-refractivity contribution is -0.516. The third kappa shape index (κ3) is 5.23. The molecule has 0 bridgehead atoms. The van der Waals surface area contributed by atoms with Crippen LogP contribution in [0.25, 0.3) is 21.5 Å². The average Bonchev–Trinajstić information content (AvgIpc) is 3.45. The summed E-state index contributed by atoms with van der Waals surface area (Å²) in [4.78, 5) is 24.8. The van der Waals surface area contributed by atoms with Crippen molar-refractivity contribution in [1.29, 1.82) is 0 Å². The molecule has 0 aliphatic carbocycles. The quantitative estimate of drug-likeness (QED) is 0.191. The molecule has 0 radical (unpaired) electrons. The number of anilines is 1. The van der Waals surface area contributed by atoms with E-state index in [0.29, 0.717) is 13.1 Å². The van der Waals surface area contributed by atoms with E-state index in [1.807, 2.05) is 30.4 Å². The van der Waals surface area contributed by atoms with Crippen LogP contribution in [0, 0.1) is 0 Å². The van der Waals surface area contributed by atoms with Crippen LogP contribution >= 0.6 is 11.8 Å². The maximum Gasteiger partial charge on any atom is 0.309 e. The van der Waals surface area contributed by atoms with Crippen LogP contribution in [0.3, 0.4) is 0 Å². The van der Waals surface area contributed by atoms with E-state index >= 15 is 0 Å². The van der Waals surface area contributed by atoms with E-state index in [-0.39, 0.29) is 18.3 Å². The summed E-state index contributed by atoms with van der Waals surface area (Å²) in [6, 6.07) is 16.9. The molecule has 0 spiro atoms. The van der Waals surface area contributed by atoms with Gasteiger partial charge in [-0.15, -0.1) is 0 Å². The zero-order valence-electron chi connectivity index (χ0n) is 22.3. The van der Waals surface area contributed by atoms with Crippen LogP contribution in [0.4, 0.5) is 5.69 Å². The molecule has 0 amide bonds. The van der Waals surface area contributed by atoms with Gasteiger partial charge in [-0.1, -0.05) is 92.4 Å². The van der Waals surface area contributed by atoms with Crippen LogP contribution in [0.1, 0.15) is 32.3 Å². The van der Waals surface area contributed by atoms with Crippen molar-refractivity contribution in [2.45, 2.75) is 32.1 Å². The minimum Gasteiger partial charge on any atom is -0.481 e. The van der Waals surface area contributed by atoms with Gasteiger partial charge in [-0.05, 0) is 27.8 Å². The second-order valence-corrected chi connectivity index (χ2v) is 11.5. The van der Waals surface area contributed by atoms with Gasteiger partial charge in [0.25, 0.3) is 0 Å². The predicted octanol–water partition coefficient (Wildman–Crippen LogP) is 6.19. The van der Waals surface area contributed by atoms with Crippen molar-refractivity contribution in [3.8, 4) is 0 Å². The Kier molecular flexibility index (Phi) is 7.62. The monoisotopic (exact) mass is 541 g/mol. The van der Waals surface area contributed by atoms with Crippen molar-refractivity contribution in [3.05, 3.63) is 90.2 Å². The highest BCUT2D eigenvalue weighted by atomic mass is 32.2. The molecule has 2 heterocycles. The number of nitrogens with zero attached hydrogens (tertiary/aromatic N) is 2. The number of thioether (sulfide) groups is 1. The summed E-state index contributed by atoms with van der Waals surface area (Å²) in [6.45, 7) is 6.20. The van der Waals surface area contributed by atoms with E-state index in [1.165, 1.54) is 21.7 Å². The Balaban J connectivity index is 1.54. The minimum atomic E-state index is -0.817. The molecule has 0 saturated heterocycles. The molecule has 2 aliphatic rings. The lowest BCUT2D eigenvalue weighted by atomic mass is 9.80. The molecule has 2 N–H and O–H groups in total. The number of hydrogen-bond acceptors (Lipinski definition) is 4. The second kappa shape index (κ2) is 11.1. The fourth-order valence-corrected chi connectivity index (χ4v) is 6.84. The highest BCUT2D eigenvalue weighted by Gasteiger charge is 2.42. The summed E-state index contributed by atoms with van der Waals surface area (Å²) in [5, 5.41) is 24.3. The van der Waals surface area contributed by atoms with Crippen molar-refractivity contribution in [1.82, 2.24) is 0 Å². The number of aliphatic carboxylic acids is 2. The SMILES string of the molecule is CC1(C)/C(=C/C=C/C=C/C2=[N+](CCC(=O)O)CCS2)N(CCC(=O)O)c2c1c1ccccc1c1ccccc21. The number of hydrogen-bond donors (Lipinski definition) is 2. The lowest BCUT2D eigenvalue weighted by Gasteiger charge is -2.26. The van der Waals surface area contributed by atoms with Gasteiger partial charge in [0.2, 0.25) is 5.04 Å². The van der Waals surface area contributed by atoms with Crippen molar-refractivity contribution in [3.63, 3.8) is 0 Å². The van der Waals surface area contributed by atoms with Crippen LogP contribution in [-0.2, 0) is 15.0 Å². The zero-order chi connectivity index (χ0) is 27.6. The first-order chi connectivity index (χ1) is 18.8. The number of benzene rings is 3. The molecule has 7 heteroatoms. The first-order valence-corrected chi connectivity index (χ1v) is 14.2. The molecule has 5 rings (SSSR count). The van der Waals surface area contributed by atoms with Gasteiger partial charge in [0.1, 0.15) is 6.42 Å². The number of carboxylic acid groups (broad SMARTS) is 2. The first-order valence-electron chi connectivity index (χ1n) is 13.2. The fraction of sp³-hybridized carbons (Fsp3) is 0.281. The van der Waals surface area contributed by atoms with Gasteiger partial charge in [0.15, 0.2) is 13.1 Å². The Morgan fingerprint density at radius 2 is 1.56 bits per heavy atom. The standard InChI is InChI=1S/C32H32N2O4S/c1-32(2)26(14-4-3-5-15-27-33(20-21-39-27)18-16-28(35)36)34(19-17-29(37)38)31-25-13-9-7-11-23(25)22-10-6-8-12-24(22)30(31)32/h3-15H,16-21H2,1-2H3,(H-,35,36,37,38)/p+1. The van der Waals surface area contributed by atoms with E-state index < -0.39 is 11.9 Å². The summed E-state index contributed by atoms with van der Waals surface area (Å²) in [6.07, 6.45) is 10.3. The topological polar surface area (TPSA) is 80.9 Å². The van der Waals surface area contributed by atoms with E-state index in [2.05, 4.69) is 71.9 Å². The van der Waals surface area contributed by atoms with E-state index in [0.717, 1.165) is 34.1 Å².